The Hall–Kier alpha value is -9.34. The number of benzene rings is 5. The Balaban J connectivity index is 1.12. The second-order valence-electron chi connectivity index (χ2n) is 15.1. The van der Waals surface area contributed by atoms with Crippen LogP contribution in [0.4, 0.5) is 5.69 Å². The van der Waals surface area contributed by atoms with Gasteiger partial charge in [-0.05, 0) is 115 Å². The number of hydrogen-bond donors (Lipinski definition) is 0. The number of rotatable bonds is 7. The Morgan fingerprint density at radius 1 is 0.359 bits per heavy atom. The van der Waals surface area contributed by atoms with Gasteiger partial charge >= 0.3 is 0 Å². The normalized spacial score (nSPS) is 11.4. The van der Waals surface area contributed by atoms with Crippen molar-refractivity contribution in [3.05, 3.63) is 195 Å². The molecule has 0 spiro atoms. The van der Waals surface area contributed by atoms with Crippen molar-refractivity contribution < 1.29 is 0 Å². The fourth-order valence-corrected chi connectivity index (χ4v) is 8.61. The van der Waals surface area contributed by atoms with Crippen LogP contribution >= 0.6 is 0 Å². The minimum absolute atomic E-state index is 0.534. The van der Waals surface area contributed by atoms with Crippen molar-refractivity contribution >= 4 is 49.3 Å². The average molecular weight is 823 g/mol. The third-order valence-electron chi connectivity index (χ3n) is 11.5. The molecule has 12 aromatic rings. The summed E-state index contributed by atoms with van der Waals surface area (Å²) < 4.78 is 4.43. The largest absolute Gasteiger partial charge is 0.307 e. The van der Waals surface area contributed by atoms with Gasteiger partial charge in [-0.1, -0.05) is 18.2 Å². The number of aromatic nitrogens is 11. The first-order valence-corrected chi connectivity index (χ1v) is 20.4. The van der Waals surface area contributed by atoms with E-state index in [0.717, 1.165) is 82.7 Å². The quantitative estimate of drug-likeness (QED) is 0.144. The van der Waals surface area contributed by atoms with Crippen LogP contribution < -0.4 is 0 Å². The summed E-state index contributed by atoms with van der Waals surface area (Å²) in [5.74, 6) is 3.24. The molecule has 12 rings (SSSR count). The molecule has 5 aromatic carbocycles. The molecule has 0 bridgehead atoms. The zero-order chi connectivity index (χ0) is 42.6. The summed E-state index contributed by atoms with van der Waals surface area (Å²) in [5, 5.41) is 4.00. The highest BCUT2D eigenvalue weighted by Gasteiger charge is 2.22. The highest BCUT2D eigenvalue weighted by molar-refractivity contribution is 6.13. The fraction of sp³-hybridized carbons (Fsp3) is 0. The molecule has 64 heavy (non-hydrogen) atoms. The first kappa shape index (κ1) is 36.5. The lowest BCUT2D eigenvalue weighted by Gasteiger charge is -2.17. The fourth-order valence-electron chi connectivity index (χ4n) is 8.61. The van der Waals surface area contributed by atoms with Gasteiger partial charge in [0.15, 0.2) is 29.0 Å². The third kappa shape index (κ3) is 6.11. The van der Waals surface area contributed by atoms with Gasteiger partial charge in [-0.2, -0.15) is 0 Å². The Morgan fingerprint density at radius 3 is 1.14 bits per heavy atom. The lowest BCUT2D eigenvalue weighted by molar-refractivity contribution is 1.06. The maximum atomic E-state index is 7.95. The second kappa shape index (κ2) is 15.0. The maximum absolute atomic E-state index is 7.95. The summed E-state index contributed by atoms with van der Waals surface area (Å²) in [6.07, 6.45) is 15.9. The zero-order valence-electron chi connectivity index (χ0n) is 33.7. The van der Waals surface area contributed by atoms with Crippen molar-refractivity contribution in [3.8, 4) is 68.2 Å². The monoisotopic (exact) mass is 822 g/mol. The van der Waals surface area contributed by atoms with Gasteiger partial charge in [-0.3, -0.25) is 4.57 Å². The van der Waals surface area contributed by atoms with Crippen molar-refractivity contribution in [2.45, 2.75) is 0 Å². The van der Waals surface area contributed by atoms with Crippen LogP contribution in [-0.4, -0.2) is 54.0 Å². The van der Waals surface area contributed by atoms with Gasteiger partial charge in [-0.15, -0.1) is 0 Å². The first-order chi connectivity index (χ1) is 31.7. The molecule has 0 aliphatic rings. The molecule has 0 N–H and O–H groups in total. The minimum Gasteiger partial charge on any atom is -0.307 e. The van der Waals surface area contributed by atoms with E-state index in [2.05, 4.69) is 121 Å². The van der Waals surface area contributed by atoms with Crippen molar-refractivity contribution in [2.24, 2.45) is 0 Å². The van der Waals surface area contributed by atoms with Crippen LogP contribution in [0.5, 0.6) is 0 Å². The van der Waals surface area contributed by atoms with Crippen molar-refractivity contribution in [2.75, 3.05) is 0 Å². The predicted molar refractivity (Wildman–Crippen MR) is 249 cm³/mol. The molecule has 7 aromatic heterocycles. The van der Waals surface area contributed by atoms with E-state index in [-0.39, 0.29) is 0 Å². The number of fused-ring (bicyclic) bond motifs is 6. The minimum atomic E-state index is 0.534. The van der Waals surface area contributed by atoms with Crippen LogP contribution in [0.15, 0.2) is 183 Å². The van der Waals surface area contributed by atoms with Crippen LogP contribution in [-0.2, 0) is 0 Å². The van der Waals surface area contributed by atoms with E-state index in [1.54, 1.807) is 49.6 Å². The lowest BCUT2D eigenvalue weighted by atomic mass is 10.0. The molecule has 0 fully saturated rings. The molecular formula is C52H30N12. The maximum Gasteiger partial charge on any atom is 0.187 e. The summed E-state index contributed by atoms with van der Waals surface area (Å²) in [4.78, 5) is 45.6. The van der Waals surface area contributed by atoms with Crippen molar-refractivity contribution in [1.29, 1.82) is 0 Å². The molecule has 0 atom stereocenters. The van der Waals surface area contributed by atoms with Crippen molar-refractivity contribution in [3.63, 3.8) is 0 Å². The first-order valence-electron chi connectivity index (χ1n) is 20.4. The van der Waals surface area contributed by atoms with E-state index in [9.17, 15) is 0 Å². The average Bonchev–Trinajstić information content (AvgIpc) is 3.88. The molecular weight excluding hydrogens is 793 g/mol. The molecule has 0 unspecified atom stereocenters. The van der Waals surface area contributed by atoms with E-state index in [1.165, 1.54) is 0 Å². The number of nitrogens with zero attached hydrogens (tertiary/aromatic N) is 12. The van der Waals surface area contributed by atoms with Crippen LogP contribution in [0.2, 0.25) is 0 Å². The number of pyridine rings is 1. The van der Waals surface area contributed by atoms with E-state index in [0.29, 0.717) is 34.8 Å². The Labute approximate surface area is 364 Å². The van der Waals surface area contributed by atoms with E-state index in [4.69, 9.17) is 11.6 Å². The summed E-state index contributed by atoms with van der Waals surface area (Å²) in [5.41, 5.74) is 10.5. The second-order valence-corrected chi connectivity index (χ2v) is 15.1. The van der Waals surface area contributed by atoms with Crippen LogP contribution in [0, 0.1) is 6.57 Å². The summed E-state index contributed by atoms with van der Waals surface area (Å²) in [7, 11) is 0. The molecule has 0 aliphatic carbocycles. The van der Waals surface area contributed by atoms with Gasteiger partial charge in [0.2, 0.25) is 0 Å². The number of hydrogen-bond acceptors (Lipinski definition) is 9. The molecule has 0 aliphatic heterocycles. The van der Waals surface area contributed by atoms with E-state index < -0.39 is 0 Å². The molecule has 0 saturated heterocycles. The summed E-state index contributed by atoms with van der Waals surface area (Å²) >= 11 is 0. The molecule has 12 heteroatoms. The van der Waals surface area contributed by atoms with Crippen LogP contribution in [0.25, 0.3) is 117 Å². The van der Waals surface area contributed by atoms with Crippen LogP contribution in [0.1, 0.15) is 0 Å². The van der Waals surface area contributed by atoms with Gasteiger partial charge in [0.1, 0.15) is 5.82 Å². The summed E-state index contributed by atoms with van der Waals surface area (Å²) in [6.45, 7) is 7.95. The highest BCUT2D eigenvalue weighted by Crippen LogP contribution is 2.42. The third-order valence-corrected chi connectivity index (χ3v) is 11.5. The van der Waals surface area contributed by atoms with Crippen LogP contribution in [0.3, 0.4) is 0 Å². The van der Waals surface area contributed by atoms with Gasteiger partial charge < -0.3 is 4.57 Å². The summed E-state index contributed by atoms with van der Waals surface area (Å²) in [6, 6.07) is 42.3. The highest BCUT2D eigenvalue weighted by atomic mass is 15.1. The van der Waals surface area contributed by atoms with Gasteiger partial charge in [-0.25, -0.2) is 49.7 Å². The Morgan fingerprint density at radius 2 is 0.750 bits per heavy atom. The standard InChI is InChI=1S/C52H30N12/c1-53-37-8-2-7-32(25-37)38-30-48(64-45-15-11-35(51-58-21-5-22-59-51)28-41(45)42-29-36(12-16-46(42)64)52-60-23-6-24-61-52)62-31-47(38)63-43-13-9-33(49-54-17-3-18-55-49)26-39(43)40-27-34(10-14-44(40)63)50-56-19-4-20-57-50/h2-31H. The van der Waals surface area contributed by atoms with Gasteiger partial charge in [0.05, 0.1) is 40.5 Å². The zero-order valence-corrected chi connectivity index (χ0v) is 33.7. The molecule has 0 radical (unpaired) electrons. The van der Waals surface area contributed by atoms with Gasteiger partial charge in [0.25, 0.3) is 0 Å². The molecule has 0 amide bonds. The Bertz CT molecular complexity index is 3590. The molecule has 0 saturated carbocycles. The molecule has 7 heterocycles. The predicted octanol–water partition coefficient (Wildman–Crippen LogP) is 11.3. The smallest absolute Gasteiger partial charge is 0.187 e. The molecule has 298 valence electrons. The van der Waals surface area contributed by atoms with E-state index >= 15 is 0 Å². The van der Waals surface area contributed by atoms with E-state index in [1.807, 2.05) is 66.9 Å². The lowest BCUT2D eigenvalue weighted by Crippen LogP contribution is -2.03. The topological polar surface area (TPSA) is 130 Å². The molecule has 12 nitrogen and oxygen atoms in total. The van der Waals surface area contributed by atoms with Gasteiger partial charge in [0, 0.05) is 98.9 Å². The van der Waals surface area contributed by atoms with Crippen molar-refractivity contribution in [1.82, 2.24) is 54.0 Å². The Kier molecular flexibility index (Phi) is 8.55. The SMILES string of the molecule is [C-]#[N+]c1cccc(-c2cc(-n3c4ccc(-c5ncccn5)cc4c4cc(-c5ncccn5)ccc43)ncc2-n2c3ccc(-c4ncccn4)cc3c3cc(-c4ncccn4)ccc32)c1.